The number of ether oxygens (including phenoxy) is 2. The van der Waals surface area contributed by atoms with Gasteiger partial charge in [-0.25, -0.2) is 0 Å². The van der Waals surface area contributed by atoms with E-state index in [0.29, 0.717) is 18.0 Å². The number of hydrogen-bond donors (Lipinski definition) is 1. The van der Waals surface area contributed by atoms with E-state index in [1.807, 2.05) is 13.8 Å². The fourth-order valence-corrected chi connectivity index (χ4v) is 11.4. The Hall–Kier alpha value is -1.40. The Kier molecular flexibility index (Phi) is 3.52. The van der Waals surface area contributed by atoms with E-state index in [1.54, 1.807) is 0 Å². The van der Waals surface area contributed by atoms with Crippen molar-refractivity contribution in [2.24, 2.45) is 45.8 Å². The van der Waals surface area contributed by atoms with Gasteiger partial charge in [-0.1, -0.05) is 32.9 Å². The zero-order valence-corrected chi connectivity index (χ0v) is 19.5. The molecule has 9 bridgehead atoms. The smallest absolute Gasteiger partial charge is 0.308 e. The maximum atomic E-state index is 12.9. The average molecular weight is 442 g/mol. The van der Waals surface area contributed by atoms with Crippen molar-refractivity contribution < 1.29 is 24.2 Å². The molecule has 3 aliphatic heterocycles. The topological polar surface area (TPSA) is 76.1 Å². The number of nitrogens with zero attached hydrogens (tertiary/aromatic N) is 1. The van der Waals surface area contributed by atoms with Crippen molar-refractivity contribution >= 4 is 11.9 Å². The Morgan fingerprint density at radius 1 is 1.16 bits per heavy atom. The van der Waals surface area contributed by atoms with Crippen molar-refractivity contribution in [1.29, 1.82) is 0 Å². The summed E-state index contributed by atoms with van der Waals surface area (Å²) < 4.78 is 12.5. The molecule has 3 saturated heterocycles. The summed E-state index contributed by atoms with van der Waals surface area (Å²) in [6.45, 7) is 13.1. The molecule has 32 heavy (non-hydrogen) atoms. The molecular weight excluding hydrogens is 406 g/mol. The summed E-state index contributed by atoms with van der Waals surface area (Å²) in [4.78, 5) is 28.0. The van der Waals surface area contributed by atoms with E-state index in [-0.39, 0.29) is 70.2 Å². The lowest BCUT2D eigenvalue weighted by Gasteiger charge is -2.66. The number of carbonyl (C=O) groups is 2. The van der Waals surface area contributed by atoms with Gasteiger partial charge in [-0.05, 0) is 42.4 Å². The summed E-state index contributed by atoms with van der Waals surface area (Å²) in [5.41, 5.74) is 1.10. The van der Waals surface area contributed by atoms with Crippen LogP contribution >= 0.6 is 0 Å². The van der Waals surface area contributed by atoms with E-state index < -0.39 is 0 Å². The zero-order valence-electron chi connectivity index (χ0n) is 19.5. The maximum absolute atomic E-state index is 12.9. The second-order valence-corrected chi connectivity index (χ2v) is 12.9. The number of hydrogen-bond acceptors (Lipinski definition) is 6. The molecule has 2 spiro atoms. The molecular formula is C26H35NO5. The molecule has 0 radical (unpaired) electrons. The Labute approximate surface area is 189 Å². The van der Waals surface area contributed by atoms with Crippen molar-refractivity contribution in [1.82, 2.24) is 4.90 Å². The monoisotopic (exact) mass is 441 g/mol. The highest BCUT2D eigenvalue weighted by Crippen LogP contribution is 2.87. The Morgan fingerprint density at radius 2 is 1.91 bits per heavy atom. The molecule has 1 N–H and O–H groups in total. The van der Waals surface area contributed by atoms with Crippen molar-refractivity contribution in [2.45, 2.75) is 83.8 Å². The highest BCUT2D eigenvalue weighted by Gasteiger charge is 2.91. The number of aliphatic hydroxyl groups is 1. The highest BCUT2D eigenvalue weighted by molar-refractivity contribution is 5.72. The quantitative estimate of drug-likeness (QED) is 0.536. The first kappa shape index (κ1) is 20.0. The lowest BCUT2D eigenvalue weighted by molar-refractivity contribution is -0.232. The van der Waals surface area contributed by atoms with E-state index >= 15 is 0 Å². The van der Waals surface area contributed by atoms with Crippen molar-refractivity contribution in [2.75, 3.05) is 6.54 Å². The highest BCUT2D eigenvalue weighted by atomic mass is 16.6. The Balaban J connectivity index is 1.44. The molecule has 9 rings (SSSR count). The van der Waals surface area contributed by atoms with Crippen LogP contribution in [0.1, 0.15) is 53.4 Å². The van der Waals surface area contributed by atoms with Crippen LogP contribution in [0.2, 0.25) is 0 Å². The minimum atomic E-state index is -0.314. The van der Waals surface area contributed by atoms with Gasteiger partial charge >= 0.3 is 11.9 Å². The van der Waals surface area contributed by atoms with Crippen LogP contribution in [-0.2, 0) is 19.1 Å². The van der Waals surface area contributed by atoms with E-state index in [4.69, 9.17) is 9.47 Å². The molecule has 3 heterocycles. The lowest BCUT2D eigenvalue weighted by atomic mass is 9.39. The van der Waals surface area contributed by atoms with Crippen LogP contribution in [-0.4, -0.2) is 58.9 Å². The fraction of sp³-hybridized carbons (Fsp3) is 0.846. The Bertz CT molecular complexity index is 962. The molecule has 9 fully saturated rings. The first-order chi connectivity index (χ1) is 15.0. The zero-order chi connectivity index (χ0) is 22.5. The van der Waals surface area contributed by atoms with Gasteiger partial charge in [0.1, 0.15) is 12.2 Å². The third kappa shape index (κ3) is 1.88. The van der Waals surface area contributed by atoms with Gasteiger partial charge in [0.2, 0.25) is 0 Å². The molecule has 0 aromatic heterocycles. The first-order valence-corrected chi connectivity index (χ1v) is 12.5. The normalized spacial score (nSPS) is 59.8. The molecule has 6 heteroatoms. The standard InChI is InChI=1S/C26H35NO5/c1-11(2)23(30)32-18-16-12(3)6-25-9-15-20-24(5)7-14(29)8-26(20,21(25)19(16)31-13(4)28)22(17(18)25)27(15)10-24/h11,14-22,29H,3,6-10H2,1-2,4-5H3. The summed E-state index contributed by atoms with van der Waals surface area (Å²) in [6, 6.07) is 0.840. The van der Waals surface area contributed by atoms with Crippen LogP contribution in [0, 0.1) is 45.8 Å². The summed E-state index contributed by atoms with van der Waals surface area (Å²) in [5, 5.41) is 11.1. The van der Waals surface area contributed by atoms with Crippen molar-refractivity contribution in [3.8, 4) is 0 Å². The molecule has 9 aliphatic rings. The van der Waals surface area contributed by atoms with Crippen LogP contribution in [0.3, 0.4) is 0 Å². The minimum Gasteiger partial charge on any atom is -0.461 e. The number of esters is 2. The second kappa shape index (κ2) is 5.63. The molecule has 13 unspecified atom stereocenters. The first-order valence-electron chi connectivity index (χ1n) is 12.5. The van der Waals surface area contributed by atoms with Crippen molar-refractivity contribution in [3.05, 3.63) is 12.2 Å². The van der Waals surface area contributed by atoms with E-state index in [1.165, 1.54) is 6.92 Å². The van der Waals surface area contributed by atoms with Crippen LogP contribution < -0.4 is 0 Å². The molecule has 6 aliphatic carbocycles. The molecule has 174 valence electrons. The van der Waals surface area contributed by atoms with Gasteiger partial charge in [0.25, 0.3) is 0 Å². The third-order valence-electron chi connectivity index (χ3n) is 11.1. The van der Waals surface area contributed by atoms with Crippen LogP contribution in [0.15, 0.2) is 12.2 Å². The molecule has 0 amide bonds. The fourth-order valence-electron chi connectivity index (χ4n) is 11.4. The van der Waals surface area contributed by atoms with Gasteiger partial charge < -0.3 is 14.6 Å². The van der Waals surface area contributed by atoms with E-state index in [0.717, 1.165) is 37.8 Å². The number of rotatable bonds is 3. The summed E-state index contributed by atoms with van der Waals surface area (Å²) in [5.74, 6) is 0.211. The minimum absolute atomic E-state index is 0.0431. The van der Waals surface area contributed by atoms with Crippen LogP contribution in [0.4, 0.5) is 0 Å². The third-order valence-corrected chi connectivity index (χ3v) is 11.1. The van der Waals surface area contributed by atoms with Gasteiger partial charge in [-0.15, -0.1) is 0 Å². The molecule has 13 atom stereocenters. The summed E-state index contributed by atoms with van der Waals surface area (Å²) >= 11 is 0. The maximum Gasteiger partial charge on any atom is 0.308 e. The van der Waals surface area contributed by atoms with Crippen LogP contribution in [0.5, 0.6) is 0 Å². The largest absolute Gasteiger partial charge is 0.461 e. The van der Waals surface area contributed by atoms with E-state index in [2.05, 4.69) is 18.4 Å². The van der Waals surface area contributed by atoms with Gasteiger partial charge in [-0.3, -0.25) is 14.5 Å². The molecule has 0 aromatic carbocycles. The summed E-state index contributed by atoms with van der Waals surface area (Å²) in [7, 11) is 0. The van der Waals surface area contributed by atoms with Gasteiger partial charge in [0.15, 0.2) is 0 Å². The van der Waals surface area contributed by atoms with Gasteiger partial charge in [0, 0.05) is 42.8 Å². The Morgan fingerprint density at radius 3 is 2.59 bits per heavy atom. The second-order valence-electron chi connectivity index (χ2n) is 12.9. The van der Waals surface area contributed by atoms with E-state index in [9.17, 15) is 14.7 Å². The van der Waals surface area contributed by atoms with Gasteiger partial charge in [-0.2, -0.15) is 0 Å². The lowest BCUT2D eigenvalue weighted by Crippen LogP contribution is -2.69. The SMILES string of the molecule is C=C1CC23CC4C5C6(C)CC(O)CC57C(C2C(OC(=O)C(C)C)C1C(OC(C)=O)C37)N4C6. The summed E-state index contributed by atoms with van der Waals surface area (Å²) in [6.07, 6.45) is 2.77. The van der Waals surface area contributed by atoms with Crippen molar-refractivity contribution in [3.63, 3.8) is 0 Å². The molecule has 6 nitrogen and oxygen atoms in total. The number of carbonyl (C=O) groups excluding carboxylic acids is 2. The average Bonchev–Trinajstić information content (AvgIpc) is 3.08. The molecule has 6 saturated carbocycles. The number of fused-ring (bicyclic) bond motifs is 1. The van der Waals surface area contributed by atoms with Crippen LogP contribution in [0.25, 0.3) is 0 Å². The molecule has 0 aromatic rings. The predicted octanol–water partition coefficient (Wildman–Crippen LogP) is 2.54. The number of piperidine rings is 2. The number of aliphatic hydroxyl groups excluding tert-OH is 1. The predicted molar refractivity (Wildman–Crippen MR) is 115 cm³/mol. The van der Waals surface area contributed by atoms with Gasteiger partial charge in [0.05, 0.1) is 17.9 Å².